The number of hydrogen-bond donors (Lipinski definition) is 1. The number of aryl methyl sites for hydroxylation is 1. The molecule has 2 heterocycles. The van der Waals surface area contributed by atoms with Crippen LogP contribution in [0.15, 0.2) is 12.4 Å². The smallest absolute Gasteiger partial charge is 0.132 e. The van der Waals surface area contributed by atoms with Crippen LogP contribution in [-0.2, 0) is 6.42 Å². The van der Waals surface area contributed by atoms with Gasteiger partial charge >= 0.3 is 0 Å². The van der Waals surface area contributed by atoms with Gasteiger partial charge in [-0.15, -0.1) is 0 Å². The molecule has 0 spiro atoms. The molecule has 1 fully saturated rings. The highest BCUT2D eigenvalue weighted by atomic mass is 15.2. The number of nitrogens with one attached hydrogen (secondary N) is 1. The Morgan fingerprint density at radius 3 is 2.74 bits per heavy atom. The summed E-state index contributed by atoms with van der Waals surface area (Å²) in [4.78, 5) is 11.1. The van der Waals surface area contributed by atoms with Crippen molar-refractivity contribution < 1.29 is 0 Å². The van der Waals surface area contributed by atoms with Crippen molar-refractivity contribution in [2.75, 3.05) is 31.1 Å². The molecular formula is C15H26N4. The Kier molecular flexibility index (Phi) is 5.58. The molecule has 4 nitrogen and oxygen atoms in total. The van der Waals surface area contributed by atoms with E-state index in [1.54, 1.807) is 6.33 Å². The van der Waals surface area contributed by atoms with Crippen LogP contribution in [0.25, 0.3) is 0 Å². The molecule has 106 valence electrons. The van der Waals surface area contributed by atoms with Crippen LogP contribution in [-0.4, -0.2) is 36.1 Å². The van der Waals surface area contributed by atoms with Gasteiger partial charge < -0.3 is 10.2 Å². The van der Waals surface area contributed by atoms with Gasteiger partial charge in [0.2, 0.25) is 0 Å². The molecule has 0 aliphatic carbocycles. The van der Waals surface area contributed by atoms with Crippen LogP contribution in [0.4, 0.5) is 5.82 Å². The molecule has 4 heteroatoms. The van der Waals surface area contributed by atoms with Crippen LogP contribution in [0.5, 0.6) is 0 Å². The summed E-state index contributed by atoms with van der Waals surface area (Å²) in [7, 11) is 0. The minimum Gasteiger partial charge on any atom is -0.356 e. The summed E-state index contributed by atoms with van der Waals surface area (Å²) < 4.78 is 0. The maximum Gasteiger partial charge on any atom is 0.132 e. The van der Waals surface area contributed by atoms with Crippen LogP contribution in [0.1, 0.15) is 38.8 Å². The summed E-state index contributed by atoms with van der Waals surface area (Å²) in [5.41, 5.74) is 1.14. The number of rotatable bonds is 6. The molecule has 0 atom stereocenters. The fraction of sp³-hybridized carbons (Fsp3) is 0.733. The maximum atomic E-state index is 4.41. The Morgan fingerprint density at radius 2 is 2.05 bits per heavy atom. The molecule has 1 N–H and O–H groups in total. The van der Waals surface area contributed by atoms with Crippen molar-refractivity contribution in [3.63, 3.8) is 0 Å². The molecule has 1 aromatic rings. The predicted molar refractivity (Wildman–Crippen MR) is 79.5 cm³/mol. The van der Waals surface area contributed by atoms with Crippen molar-refractivity contribution in [2.24, 2.45) is 5.92 Å². The SMILES string of the molecule is CCCNCC1CCN(c2cc(CC)ncn2)CC1. The number of piperidine rings is 1. The topological polar surface area (TPSA) is 41.0 Å². The lowest BCUT2D eigenvalue weighted by Gasteiger charge is -2.33. The van der Waals surface area contributed by atoms with Crippen LogP contribution < -0.4 is 10.2 Å². The van der Waals surface area contributed by atoms with E-state index >= 15 is 0 Å². The molecule has 0 radical (unpaired) electrons. The quantitative estimate of drug-likeness (QED) is 0.798. The fourth-order valence-corrected chi connectivity index (χ4v) is 2.60. The van der Waals surface area contributed by atoms with Crippen LogP contribution >= 0.6 is 0 Å². The Balaban J connectivity index is 1.82. The average Bonchev–Trinajstić information content (AvgIpc) is 2.48. The van der Waals surface area contributed by atoms with Gasteiger partial charge in [-0.2, -0.15) is 0 Å². The van der Waals surface area contributed by atoms with Gasteiger partial charge in [-0.1, -0.05) is 13.8 Å². The molecule has 0 amide bonds. The first-order valence-corrected chi connectivity index (χ1v) is 7.60. The van der Waals surface area contributed by atoms with E-state index in [1.807, 2.05) is 0 Å². The van der Waals surface area contributed by atoms with E-state index in [1.165, 1.54) is 25.8 Å². The van der Waals surface area contributed by atoms with Crippen molar-refractivity contribution in [3.8, 4) is 0 Å². The van der Waals surface area contributed by atoms with Gasteiger partial charge in [-0.05, 0) is 44.7 Å². The molecule has 1 saturated heterocycles. The summed E-state index contributed by atoms with van der Waals surface area (Å²) in [6.45, 7) is 8.92. The van der Waals surface area contributed by atoms with Crippen LogP contribution in [0, 0.1) is 5.92 Å². The van der Waals surface area contributed by atoms with Gasteiger partial charge in [0.15, 0.2) is 0 Å². The lowest BCUT2D eigenvalue weighted by Crippen LogP contribution is -2.37. The Morgan fingerprint density at radius 1 is 1.26 bits per heavy atom. The molecule has 0 bridgehead atoms. The summed E-state index contributed by atoms with van der Waals surface area (Å²) in [5.74, 6) is 1.93. The zero-order valence-electron chi connectivity index (χ0n) is 12.2. The van der Waals surface area contributed by atoms with E-state index in [9.17, 15) is 0 Å². The largest absolute Gasteiger partial charge is 0.356 e. The Labute approximate surface area is 116 Å². The van der Waals surface area contributed by atoms with Crippen molar-refractivity contribution in [1.29, 1.82) is 0 Å². The van der Waals surface area contributed by atoms with Gasteiger partial charge in [0, 0.05) is 24.8 Å². The summed E-state index contributed by atoms with van der Waals surface area (Å²) in [6, 6.07) is 2.13. The van der Waals surface area contributed by atoms with Crippen LogP contribution in [0.2, 0.25) is 0 Å². The van der Waals surface area contributed by atoms with E-state index < -0.39 is 0 Å². The normalized spacial score (nSPS) is 16.8. The van der Waals surface area contributed by atoms with Crippen molar-refractivity contribution >= 4 is 5.82 Å². The molecule has 0 saturated carbocycles. The van der Waals surface area contributed by atoms with E-state index in [0.717, 1.165) is 43.5 Å². The third kappa shape index (κ3) is 4.16. The molecule has 19 heavy (non-hydrogen) atoms. The summed E-state index contributed by atoms with van der Waals surface area (Å²) in [6.07, 6.45) is 6.43. The zero-order valence-corrected chi connectivity index (χ0v) is 12.2. The third-order valence-electron chi connectivity index (χ3n) is 3.87. The first-order valence-electron chi connectivity index (χ1n) is 7.60. The van der Waals surface area contributed by atoms with E-state index in [4.69, 9.17) is 0 Å². The molecule has 0 unspecified atom stereocenters. The van der Waals surface area contributed by atoms with Crippen molar-refractivity contribution in [3.05, 3.63) is 18.1 Å². The van der Waals surface area contributed by atoms with Gasteiger partial charge in [0.1, 0.15) is 12.1 Å². The second kappa shape index (κ2) is 7.43. The number of aromatic nitrogens is 2. The first kappa shape index (κ1) is 14.3. The minimum absolute atomic E-state index is 0.829. The molecule has 1 aliphatic heterocycles. The predicted octanol–water partition coefficient (Wildman–Crippen LogP) is 2.25. The average molecular weight is 262 g/mol. The molecule has 1 aliphatic rings. The number of hydrogen-bond acceptors (Lipinski definition) is 4. The lowest BCUT2D eigenvalue weighted by molar-refractivity contribution is 0.382. The maximum absolute atomic E-state index is 4.41. The van der Waals surface area contributed by atoms with Crippen molar-refractivity contribution in [2.45, 2.75) is 39.5 Å². The monoisotopic (exact) mass is 262 g/mol. The number of anilines is 1. The molecular weight excluding hydrogens is 236 g/mol. The highest BCUT2D eigenvalue weighted by Crippen LogP contribution is 2.21. The lowest BCUT2D eigenvalue weighted by atomic mass is 9.97. The second-order valence-corrected chi connectivity index (χ2v) is 5.36. The van der Waals surface area contributed by atoms with Crippen LogP contribution in [0.3, 0.4) is 0 Å². The highest BCUT2D eigenvalue weighted by Gasteiger charge is 2.19. The third-order valence-corrected chi connectivity index (χ3v) is 3.87. The molecule has 1 aromatic heterocycles. The standard InChI is InChI=1S/C15H26N4/c1-3-7-16-11-13-5-8-19(9-6-13)15-10-14(4-2)17-12-18-15/h10,12-13,16H,3-9,11H2,1-2H3. The van der Waals surface area contributed by atoms with E-state index in [-0.39, 0.29) is 0 Å². The van der Waals surface area contributed by atoms with Gasteiger partial charge in [0.05, 0.1) is 0 Å². The highest BCUT2D eigenvalue weighted by molar-refractivity contribution is 5.39. The number of nitrogens with zero attached hydrogens (tertiary/aromatic N) is 3. The second-order valence-electron chi connectivity index (χ2n) is 5.36. The van der Waals surface area contributed by atoms with Gasteiger partial charge in [-0.25, -0.2) is 9.97 Å². The van der Waals surface area contributed by atoms with E-state index in [0.29, 0.717) is 0 Å². The molecule has 2 rings (SSSR count). The first-order chi connectivity index (χ1) is 9.33. The van der Waals surface area contributed by atoms with Gasteiger partial charge in [-0.3, -0.25) is 0 Å². The van der Waals surface area contributed by atoms with Gasteiger partial charge in [0.25, 0.3) is 0 Å². The Bertz CT molecular complexity index is 372. The summed E-state index contributed by atoms with van der Waals surface area (Å²) in [5, 5.41) is 3.53. The zero-order chi connectivity index (χ0) is 13.5. The minimum atomic E-state index is 0.829. The van der Waals surface area contributed by atoms with E-state index in [2.05, 4.69) is 40.1 Å². The van der Waals surface area contributed by atoms with Crippen molar-refractivity contribution in [1.82, 2.24) is 15.3 Å². The summed E-state index contributed by atoms with van der Waals surface area (Å²) >= 11 is 0. The molecule has 0 aromatic carbocycles. The fourth-order valence-electron chi connectivity index (χ4n) is 2.60. The Hall–Kier alpha value is -1.16.